The second-order valence-electron chi connectivity index (χ2n) is 4.82. The quantitative estimate of drug-likeness (QED) is 0.741. The molecule has 3 rings (SSSR count). The van der Waals surface area contributed by atoms with Crippen molar-refractivity contribution in [3.05, 3.63) is 54.9 Å². The third kappa shape index (κ3) is 3.86. The van der Waals surface area contributed by atoms with Gasteiger partial charge in [0.1, 0.15) is 17.8 Å². The van der Waals surface area contributed by atoms with E-state index in [-0.39, 0.29) is 12.5 Å². The molecule has 122 valence electrons. The highest BCUT2D eigenvalue weighted by atomic mass is 16.5. The van der Waals surface area contributed by atoms with Crippen molar-refractivity contribution in [3.63, 3.8) is 0 Å². The van der Waals surface area contributed by atoms with Gasteiger partial charge in [0.25, 0.3) is 5.91 Å². The maximum Gasteiger partial charge on any atom is 0.262 e. The van der Waals surface area contributed by atoms with Crippen molar-refractivity contribution >= 4 is 11.6 Å². The number of nitrogens with zero attached hydrogens (tertiary/aromatic N) is 4. The van der Waals surface area contributed by atoms with E-state index in [4.69, 9.17) is 9.47 Å². The molecule has 0 aliphatic heterocycles. The van der Waals surface area contributed by atoms with Crippen LogP contribution in [0.15, 0.2) is 54.9 Å². The van der Waals surface area contributed by atoms with Crippen molar-refractivity contribution < 1.29 is 14.3 Å². The van der Waals surface area contributed by atoms with Crippen molar-refractivity contribution in [2.45, 2.75) is 0 Å². The Labute approximate surface area is 138 Å². The summed E-state index contributed by atoms with van der Waals surface area (Å²) in [6.45, 7) is -0.0958. The van der Waals surface area contributed by atoms with Gasteiger partial charge in [0, 0.05) is 5.69 Å². The number of methoxy groups -OCH3 is 1. The van der Waals surface area contributed by atoms with Crippen LogP contribution in [0, 0.1) is 0 Å². The number of carbonyl (C=O) groups is 1. The summed E-state index contributed by atoms with van der Waals surface area (Å²) in [5.41, 5.74) is 1.38. The number of hydrogen-bond donors (Lipinski definition) is 1. The molecule has 0 spiro atoms. The van der Waals surface area contributed by atoms with Crippen LogP contribution in [-0.2, 0) is 4.79 Å². The maximum absolute atomic E-state index is 12.0. The maximum atomic E-state index is 12.0. The number of anilines is 1. The molecule has 0 aliphatic rings. The van der Waals surface area contributed by atoms with Gasteiger partial charge in [0.2, 0.25) is 0 Å². The molecular formula is C16H15N5O3. The first-order valence-electron chi connectivity index (χ1n) is 7.15. The highest BCUT2D eigenvalue weighted by Crippen LogP contribution is 2.17. The fraction of sp³-hybridized carbons (Fsp3) is 0.125. The van der Waals surface area contributed by atoms with Crippen LogP contribution in [0.4, 0.5) is 5.69 Å². The number of aromatic nitrogens is 4. The molecule has 0 unspecified atom stereocenters. The monoisotopic (exact) mass is 325 g/mol. The van der Waals surface area contributed by atoms with Crippen LogP contribution in [0.5, 0.6) is 11.5 Å². The van der Waals surface area contributed by atoms with E-state index in [0.717, 1.165) is 11.4 Å². The van der Waals surface area contributed by atoms with Crippen molar-refractivity contribution in [1.82, 2.24) is 20.2 Å². The largest absolute Gasteiger partial charge is 0.497 e. The van der Waals surface area contributed by atoms with Gasteiger partial charge in [0.05, 0.1) is 12.8 Å². The average Bonchev–Trinajstić information content (AvgIpc) is 3.15. The molecule has 0 fully saturated rings. The first kappa shape index (κ1) is 15.5. The predicted molar refractivity (Wildman–Crippen MR) is 86.3 cm³/mol. The Morgan fingerprint density at radius 3 is 2.67 bits per heavy atom. The summed E-state index contributed by atoms with van der Waals surface area (Å²) in [5.74, 6) is 1.05. The van der Waals surface area contributed by atoms with Gasteiger partial charge < -0.3 is 14.8 Å². The molecular weight excluding hydrogens is 310 g/mol. The lowest BCUT2D eigenvalue weighted by atomic mass is 10.3. The Hall–Kier alpha value is -3.42. The zero-order valence-electron chi connectivity index (χ0n) is 12.9. The Bertz CT molecular complexity index is 803. The third-order valence-corrected chi connectivity index (χ3v) is 3.17. The lowest BCUT2D eigenvalue weighted by molar-refractivity contribution is -0.118. The summed E-state index contributed by atoms with van der Waals surface area (Å²) in [4.78, 5) is 12.0. The fourth-order valence-electron chi connectivity index (χ4n) is 2.02. The summed E-state index contributed by atoms with van der Waals surface area (Å²) in [5, 5.41) is 13.7. The molecule has 1 N–H and O–H groups in total. The van der Waals surface area contributed by atoms with E-state index < -0.39 is 0 Å². The molecule has 0 atom stereocenters. The Morgan fingerprint density at radius 1 is 1.17 bits per heavy atom. The number of carbonyl (C=O) groups excluding carboxylic acids is 1. The van der Waals surface area contributed by atoms with Crippen LogP contribution in [0.25, 0.3) is 5.69 Å². The Morgan fingerprint density at radius 2 is 1.96 bits per heavy atom. The number of tetrazole rings is 1. The molecule has 8 nitrogen and oxygen atoms in total. The smallest absolute Gasteiger partial charge is 0.262 e. The molecule has 0 saturated carbocycles. The molecule has 8 heteroatoms. The van der Waals surface area contributed by atoms with E-state index >= 15 is 0 Å². The molecule has 24 heavy (non-hydrogen) atoms. The topological polar surface area (TPSA) is 91.2 Å². The lowest BCUT2D eigenvalue weighted by Crippen LogP contribution is -2.20. The summed E-state index contributed by atoms with van der Waals surface area (Å²) in [7, 11) is 1.59. The van der Waals surface area contributed by atoms with Crippen LogP contribution in [-0.4, -0.2) is 39.8 Å². The van der Waals surface area contributed by atoms with Gasteiger partial charge in [-0.05, 0) is 52.9 Å². The molecule has 0 bridgehead atoms. The SMILES string of the molecule is COc1ccc(OCC(=O)Nc2cccc(-n3cnnn3)c2)cc1. The summed E-state index contributed by atoms with van der Waals surface area (Å²) >= 11 is 0. The molecule has 1 heterocycles. The minimum absolute atomic E-state index is 0.0958. The van der Waals surface area contributed by atoms with E-state index in [9.17, 15) is 4.79 Å². The van der Waals surface area contributed by atoms with Crippen LogP contribution < -0.4 is 14.8 Å². The molecule has 0 radical (unpaired) electrons. The van der Waals surface area contributed by atoms with Crippen molar-refractivity contribution in [2.75, 3.05) is 19.0 Å². The lowest BCUT2D eigenvalue weighted by Gasteiger charge is -2.09. The van der Waals surface area contributed by atoms with Gasteiger partial charge in [-0.15, -0.1) is 5.10 Å². The number of rotatable bonds is 6. The number of hydrogen-bond acceptors (Lipinski definition) is 6. The van der Waals surface area contributed by atoms with Crippen LogP contribution in [0.2, 0.25) is 0 Å². The van der Waals surface area contributed by atoms with Gasteiger partial charge in [-0.2, -0.15) is 0 Å². The third-order valence-electron chi connectivity index (χ3n) is 3.17. The number of nitrogens with one attached hydrogen (secondary N) is 1. The fourth-order valence-corrected chi connectivity index (χ4v) is 2.02. The normalized spacial score (nSPS) is 10.2. The van der Waals surface area contributed by atoms with Crippen molar-refractivity contribution in [1.29, 1.82) is 0 Å². The van der Waals surface area contributed by atoms with Crippen molar-refractivity contribution in [2.24, 2.45) is 0 Å². The minimum atomic E-state index is -0.264. The molecule has 3 aromatic rings. The molecule has 0 aliphatic carbocycles. The van der Waals surface area contributed by atoms with Gasteiger partial charge in [0.15, 0.2) is 6.61 Å². The molecule has 1 aromatic heterocycles. The highest BCUT2D eigenvalue weighted by molar-refractivity contribution is 5.92. The van der Waals surface area contributed by atoms with E-state index in [1.807, 2.05) is 6.07 Å². The number of ether oxygens (including phenoxy) is 2. The first-order chi connectivity index (χ1) is 11.7. The predicted octanol–water partition coefficient (Wildman–Crippen LogP) is 1.69. The molecule has 1 amide bonds. The highest BCUT2D eigenvalue weighted by Gasteiger charge is 2.06. The summed E-state index contributed by atoms with van der Waals surface area (Å²) < 4.78 is 12.0. The Balaban J connectivity index is 1.57. The van der Waals surface area contributed by atoms with Gasteiger partial charge in [-0.1, -0.05) is 6.07 Å². The van der Waals surface area contributed by atoms with Crippen LogP contribution in [0.3, 0.4) is 0 Å². The zero-order chi connectivity index (χ0) is 16.8. The van der Waals surface area contributed by atoms with Gasteiger partial charge in [-0.3, -0.25) is 4.79 Å². The van der Waals surface area contributed by atoms with E-state index in [0.29, 0.717) is 11.4 Å². The summed E-state index contributed by atoms with van der Waals surface area (Å²) in [6, 6.07) is 14.2. The van der Waals surface area contributed by atoms with E-state index in [1.54, 1.807) is 49.6 Å². The number of benzene rings is 2. The molecule has 2 aromatic carbocycles. The zero-order valence-corrected chi connectivity index (χ0v) is 12.9. The number of amides is 1. The van der Waals surface area contributed by atoms with Gasteiger partial charge in [-0.25, -0.2) is 4.68 Å². The van der Waals surface area contributed by atoms with E-state index in [2.05, 4.69) is 20.8 Å². The average molecular weight is 325 g/mol. The first-order valence-corrected chi connectivity index (χ1v) is 7.15. The standard InChI is InChI=1S/C16H15N5O3/c1-23-14-5-7-15(8-6-14)24-10-16(22)18-12-3-2-4-13(9-12)21-11-17-19-20-21/h2-9,11H,10H2,1H3,(H,18,22). The van der Waals surface area contributed by atoms with Gasteiger partial charge >= 0.3 is 0 Å². The van der Waals surface area contributed by atoms with Crippen LogP contribution >= 0.6 is 0 Å². The molecule has 0 saturated heterocycles. The second-order valence-corrected chi connectivity index (χ2v) is 4.82. The second kappa shape index (κ2) is 7.23. The summed E-state index contributed by atoms with van der Waals surface area (Å²) in [6.07, 6.45) is 1.48. The van der Waals surface area contributed by atoms with Crippen molar-refractivity contribution in [3.8, 4) is 17.2 Å². The van der Waals surface area contributed by atoms with E-state index in [1.165, 1.54) is 11.0 Å². The Kier molecular flexibility index (Phi) is 4.66. The van der Waals surface area contributed by atoms with Crippen LogP contribution in [0.1, 0.15) is 0 Å². The minimum Gasteiger partial charge on any atom is -0.497 e.